The molecule has 2 aromatic carbocycles. The second-order valence-corrected chi connectivity index (χ2v) is 5.24. The van der Waals surface area contributed by atoms with Crippen molar-refractivity contribution >= 4 is 5.71 Å². The van der Waals surface area contributed by atoms with Crippen molar-refractivity contribution in [1.29, 1.82) is 0 Å². The average molecular weight is 314 g/mol. The summed E-state index contributed by atoms with van der Waals surface area (Å²) < 4.78 is 10.5. The molecular weight excluding hydrogens is 292 g/mol. The molecule has 0 saturated heterocycles. The van der Waals surface area contributed by atoms with Crippen LogP contribution < -0.4 is 14.9 Å². The van der Waals surface area contributed by atoms with Crippen LogP contribution in [-0.4, -0.2) is 25.0 Å². The van der Waals surface area contributed by atoms with E-state index in [9.17, 15) is 5.11 Å². The van der Waals surface area contributed by atoms with E-state index in [1.807, 2.05) is 44.2 Å². The predicted molar refractivity (Wildman–Crippen MR) is 91.4 cm³/mol. The van der Waals surface area contributed by atoms with Crippen LogP contribution >= 0.6 is 0 Å². The van der Waals surface area contributed by atoms with Crippen LogP contribution in [0.4, 0.5) is 0 Å². The van der Waals surface area contributed by atoms with Crippen molar-refractivity contribution < 1.29 is 14.6 Å². The Hall–Kier alpha value is -2.69. The highest BCUT2D eigenvalue weighted by atomic mass is 16.5. The summed E-state index contributed by atoms with van der Waals surface area (Å²) in [4.78, 5) is 0. The van der Waals surface area contributed by atoms with Crippen LogP contribution in [0.1, 0.15) is 23.6 Å². The highest BCUT2D eigenvalue weighted by Gasteiger charge is 2.06. The van der Waals surface area contributed by atoms with E-state index in [1.165, 1.54) is 0 Å². The molecule has 0 aliphatic heterocycles. The van der Waals surface area contributed by atoms with Gasteiger partial charge in [-0.15, -0.1) is 0 Å². The molecule has 0 saturated carbocycles. The first-order valence-corrected chi connectivity index (χ1v) is 7.33. The summed E-state index contributed by atoms with van der Waals surface area (Å²) in [7, 11) is 3.22. The van der Waals surface area contributed by atoms with Gasteiger partial charge in [0.05, 0.1) is 26.5 Å². The molecule has 0 radical (unpaired) electrons. The van der Waals surface area contributed by atoms with Gasteiger partial charge in [-0.1, -0.05) is 12.1 Å². The molecule has 0 bridgehead atoms. The Morgan fingerprint density at radius 3 is 2.48 bits per heavy atom. The van der Waals surface area contributed by atoms with Crippen LogP contribution in [0.5, 0.6) is 17.2 Å². The summed E-state index contributed by atoms with van der Waals surface area (Å²) in [6.07, 6.45) is 0. The molecule has 0 aliphatic carbocycles. The van der Waals surface area contributed by atoms with E-state index in [1.54, 1.807) is 20.3 Å². The smallest absolute Gasteiger partial charge is 0.161 e. The minimum Gasteiger partial charge on any atom is -0.507 e. The number of rotatable bonds is 6. The van der Waals surface area contributed by atoms with Crippen LogP contribution in [-0.2, 0) is 6.54 Å². The van der Waals surface area contributed by atoms with Gasteiger partial charge in [0.25, 0.3) is 0 Å². The van der Waals surface area contributed by atoms with E-state index in [0.717, 1.165) is 22.4 Å². The molecule has 2 aromatic rings. The van der Waals surface area contributed by atoms with Crippen LogP contribution in [0.3, 0.4) is 0 Å². The van der Waals surface area contributed by atoms with Crippen molar-refractivity contribution in [3.63, 3.8) is 0 Å². The monoisotopic (exact) mass is 314 g/mol. The van der Waals surface area contributed by atoms with Gasteiger partial charge in [-0.2, -0.15) is 5.10 Å². The highest BCUT2D eigenvalue weighted by Crippen LogP contribution is 2.27. The lowest BCUT2D eigenvalue weighted by Crippen LogP contribution is -2.09. The van der Waals surface area contributed by atoms with Gasteiger partial charge in [0.1, 0.15) is 5.75 Å². The lowest BCUT2D eigenvalue weighted by Gasteiger charge is -2.10. The normalized spacial score (nSPS) is 11.2. The zero-order chi connectivity index (χ0) is 16.8. The molecule has 0 aromatic heterocycles. The van der Waals surface area contributed by atoms with Gasteiger partial charge in [0.15, 0.2) is 11.5 Å². The second kappa shape index (κ2) is 7.54. The van der Waals surface area contributed by atoms with E-state index >= 15 is 0 Å². The summed E-state index contributed by atoms with van der Waals surface area (Å²) in [6.45, 7) is 4.33. The molecule has 5 nitrogen and oxygen atoms in total. The van der Waals surface area contributed by atoms with Crippen molar-refractivity contribution in [2.75, 3.05) is 14.2 Å². The van der Waals surface area contributed by atoms with Crippen molar-refractivity contribution in [1.82, 2.24) is 5.43 Å². The van der Waals surface area contributed by atoms with Gasteiger partial charge < -0.3 is 20.0 Å². The van der Waals surface area contributed by atoms with Crippen molar-refractivity contribution in [2.45, 2.75) is 20.4 Å². The van der Waals surface area contributed by atoms with Gasteiger partial charge in [0.2, 0.25) is 0 Å². The molecule has 0 aliphatic rings. The van der Waals surface area contributed by atoms with Gasteiger partial charge in [-0.05, 0) is 49.2 Å². The zero-order valence-electron chi connectivity index (χ0n) is 13.9. The number of hydrogen-bond acceptors (Lipinski definition) is 5. The number of aromatic hydroxyl groups is 1. The molecule has 0 spiro atoms. The molecule has 0 unspecified atom stereocenters. The number of methoxy groups -OCH3 is 2. The zero-order valence-corrected chi connectivity index (χ0v) is 13.9. The highest BCUT2D eigenvalue weighted by molar-refractivity contribution is 6.00. The molecule has 2 N–H and O–H groups in total. The van der Waals surface area contributed by atoms with Crippen molar-refractivity contribution in [3.05, 3.63) is 53.1 Å². The van der Waals surface area contributed by atoms with E-state index in [-0.39, 0.29) is 5.75 Å². The number of nitrogens with zero attached hydrogens (tertiary/aromatic N) is 1. The van der Waals surface area contributed by atoms with E-state index < -0.39 is 0 Å². The first-order valence-electron chi connectivity index (χ1n) is 7.33. The molecule has 0 fully saturated rings. The number of aryl methyl sites for hydroxylation is 1. The predicted octanol–water partition coefficient (Wildman–Crippen LogP) is 3.23. The summed E-state index contributed by atoms with van der Waals surface area (Å²) in [5, 5.41) is 14.3. The standard InChI is InChI=1S/C18H22N2O3/c1-12-5-7-15(16(21)9-12)13(2)20-19-11-14-6-8-17(22-3)18(10-14)23-4/h5-10,19,21H,11H2,1-4H3/b20-13+. The summed E-state index contributed by atoms with van der Waals surface area (Å²) in [5.74, 6) is 1.61. The molecule has 0 atom stereocenters. The number of hydrogen-bond donors (Lipinski definition) is 2. The number of phenols is 1. The molecule has 2 rings (SSSR count). The van der Waals surface area contributed by atoms with E-state index in [4.69, 9.17) is 9.47 Å². The minimum absolute atomic E-state index is 0.235. The number of hydrazone groups is 1. The number of benzene rings is 2. The lowest BCUT2D eigenvalue weighted by atomic mass is 10.1. The molecule has 23 heavy (non-hydrogen) atoms. The molecule has 0 heterocycles. The summed E-state index contributed by atoms with van der Waals surface area (Å²) in [6, 6.07) is 11.2. The number of nitrogens with one attached hydrogen (secondary N) is 1. The first kappa shape index (κ1) is 16.7. The maximum absolute atomic E-state index is 9.97. The summed E-state index contributed by atoms with van der Waals surface area (Å²) in [5.41, 5.74) is 6.49. The van der Waals surface area contributed by atoms with Crippen LogP contribution in [0.15, 0.2) is 41.5 Å². The minimum atomic E-state index is 0.235. The lowest BCUT2D eigenvalue weighted by molar-refractivity contribution is 0.354. The Kier molecular flexibility index (Phi) is 5.46. The Morgan fingerprint density at radius 2 is 1.83 bits per heavy atom. The van der Waals surface area contributed by atoms with Crippen LogP contribution in [0, 0.1) is 6.92 Å². The third-order valence-electron chi connectivity index (χ3n) is 3.52. The molecular formula is C18H22N2O3. The maximum atomic E-state index is 9.97. The fourth-order valence-corrected chi connectivity index (χ4v) is 2.25. The van der Waals surface area contributed by atoms with Gasteiger partial charge >= 0.3 is 0 Å². The van der Waals surface area contributed by atoms with Crippen molar-refractivity contribution in [3.8, 4) is 17.2 Å². The van der Waals surface area contributed by atoms with Crippen LogP contribution in [0.2, 0.25) is 0 Å². The topological polar surface area (TPSA) is 63.1 Å². The number of ether oxygens (including phenoxy) is 2. The first-order chi connectivity index (χ1) is 11.0. The largest absolute Gasteiger partial charge is 0.507 e. The maximum Gasteiger partial charge on any atom is 0.161 e. The Morgan fingerprint density at radius 1 is 1.09 bits per heavy atom. The van der Waals surface area contributed by atoms with E-state index in [2.05, 4.69) is 10.5 Å². The molecule has 0 amide bonds. The third kappa shape index (κ3) is 4.16. The fourth-order valence-electron chi connectivity index (χ4n) is 2.25. The van der Waals surface area contributed by atoms with Gasteiger partial charge in [0, 0.05) is 5.56 Å². The number of phenolic OH excluding ortho intramolecular Hbond substituents is 1. The Labute approximate surface area is 136 Å². The SMILES string of the molecule is COc1ccc(CN/N=C(\C)c2ccc(C)cc2O)cc1OC. The second-order valence-electron chi connectivity index (χ2n) is 5.24. The van der Waals surface area contributed by atoms with Crippen molar-refractivity contribution in [2.24, 2.45) is 5.10 Å². The third-order valence-corrected chi connectivity index (χ3v) is 3.52. The Bertz CT molecular complexity index is 711. The summed E-state index contributed by atoms with van der Waals surface area (Å²) >= 11 is 0. The van der Waals surface area contributed by atoms with Gasteiger partial charge in [-0.3, -0.25) is 0 Å². The molecule has 5 heteroatoms. The Balaban J connectivity index is 2.06. The van der Waals surface area contributed by atoms with Gasteiger partial charge in [-0.25, -0.2) is 0 Å². The van der Waals surface area contributed by atoms with E-state index in [0.29, 0.717) is 18.0 Å². The fraction of sp³-hybridized carbons (Fsp3) is 0.278. The van der Waals surface area contributed by atoms with Crippen LogP contribution in [0.25, 0.3) is 0 Å². The quantitative estimate of drug-likeness (QED) is 0.635. The average Bonchev–Trinajstić information content (AvgIpc) is 2.54. The molecule has 122 valence electrons.